The smallest absolute Gasteiger partial charge is 0.410 e. The number of ether oxygens (including phenoxy) is 2. The van der Waals surface area contributed by atoms with Gasteiger partial charge in [-0.15, -0.1) is 0 Å². The fourth-order valence-corrected chi connectivity index (χ4v) is 2.79. The molecule has 1 aliphatic heterocycles. The maximum atomic E-state index is 12.2. The molecule has 1 aromatic carbocycles. The van der Waals surface area contributed by atoms with E-state index in [-0.39, 0.29) is 12.2 Å². The van der Waals surface area contributed by atoms with E-state index in [1.807, 2.05) is 58.9 Å². The van der Waals surface area contributed by atoms with Crippen molar-refractivity contribution in [2.24, 2.45) is 0 Å². The van der Waals surface area contributed by atoms with E-state index >= 15 is 0 Å². The summed E-state index contributed by atoms with van der Waals surface area (Å²) in [5.41, 5.74) is -0.203. The highest BCUT2D eigenvalue weighted by Gasteiger charge is 2.31. The van der Waals surface area contributed by atoms with Gasteiger partial charge in [0.15, 0.2) is 0 Å². The molecule has 1 aliphatic rings. The molecule has 0 radical (unpaired) electrons. The van der Waals surface area contributed by atoms with Crippen LogP contribution in [0, 0.1) is 11.3 Å². The van der Waals surface area contributed by atoms with Crippen molar-refractivity contribution >= 4 is 16.9 Å². The van der Waals surface area contributed by atoms with Crippen LogP contribution in [-0.2, 0) is 4.74 Å². The quantitative estimate of drug-likeness (QED) is 0.778. The second-order valence-corrected chi connectivity index (χ2v) is 7.10. The Balaban J connectivity index is 0.00000126. The minimum Gasteiger partial charge on any atom is -0.472 e. The van der Waals surface area contributed by atoms with Crippen LogP contribution in [0.1, 0.15) is 46.7 Å². The first-order chi connectivity index (χ1) is 12.9. The van der Waals surface area contributed by atoms with Crippen molar-refractivity contribution in [3.8, 4) is 11.9 Å². The fourth-order valence-electron chi connectivity index (χ4n) is 2.79. The van der Waals surface area contributed by atoms with E-state index in [1.165, 1.54) is 0 Å². The molecule has 2 heterocycles. The Morgan fingerprint density at radius 1 is 1.30 bits per heavy atom. The lowest BCUT2D eigenvalue weighted by atomic mass is 10.1. The van der Waals surface area contributed by atoms with Crippen molar-refractivity contribution in [3.05, 3.63) is 36.0 Å². The lowest BCUT2D eigenvalue weighted by molar-refractivity contribution is 0.0275. The molecule has 1 unspecified atom stereocenters. The van der Waals surface area contributed by atoms with E-state index in [1.54, 1.807) is 11.0 Å². The van der Waals surface area contributed by atoms with Crippen LogP contribution in [0.15, 0.2) is 30.3 Å². The van der Waals surface area contributed by atoms with Crippen molar-refractivity contribution in [2.75, 3.05) is 13.1 Å². The Morgan fingerprint density at radius 3 is 2.67 bits per heavy atom. The summed E-state index contributed by atoms with van der Waals surface area (Å²) in [4.78, 5) is 18.1. The second-order valence-electron chi connectivity index (χ2n) is 7.10. The summed E-state index contributed by atoms with van der Waals surface area (Å²) in [5.74, 6) is 0.436. The van der Waals surface area contributed by atoms with Crippen molar-refractivity contribution in [1.82, 2.24) is 9.88 Å². The van der Waals surface area contributed by atoms with Crippen LogP contribution in [-0.4, -0.2) is 40.8 Å². The summed E-state index contributed by atoms with van der Waals surface area (Å²) in [6.45, 7) is 10.6. The lowest BCUT2D eigenvalue weighted by Crippen LogP contribution is -2.36. The minimum absolute atomic E-state index is 0.169. The number of pyridine rings is 1. The maximum absolute atomic E-state index is 12.2. The number of nitrogens with zero attached hydrogens (tertiary/aromatic N) is 3. The predicted molar refractivity (Wildman–Crippen MR) is 105 cm³/mol. The molecule has 0 aliphatic carbocycles. The van der Waals surface area contributed by atoms with E-state index < -0.39 is 5.60 Å². The number of amides is 1. The summed E-state index contributed by atoms with van der Waals surface area (Å²) in [7, 11) is 0. The van der Waals surface area contributed by atoms with Gasteiger partial charge in [-0.1, -0.05) is 32.0 Å². The number of carbonyl (C=O) groups excluding carboxylic acids is 1. The zero-order chi connectivity index (χ0) is 20.0. The number of benzene rings is 1. The zero-order valence-electron chi connectivity index (χ0n) is 16.7. The predicted octanol–water partition coefficient (Wildman–Crippen LogP) is 4.52. The summed E-state index contributed by atoms with van der Waals surface area (Å²) in [6.07, 6.45) is 0.200. The number of nitriles is 1. The second kappa shape index (κ2) is 8.72. The van der Waals surface area contributed by atoms with E-state index in [4.69, 9.17) is 14.7 Å². The maximum Gasteiger partial charge on any atom is 0.410 e. The van der Waals surface area contributed by atoms with Gasteiger partial charge in [-0.2, -0.15) is 5.26 Å². The molecule has 0 saturated carbocycles. The van der Waals surface area contributed by atoms with Crippen LogP contribution < -0.4 is 4.74 Å². The molecule has 0 bridgehead atoms. The van der Waals surface area contributed by atoms with Crippen LogP contribution in [0.5, 0.6) is 5.88 Å². The molecule has 0 N–H and O–H groups in total. The van der Waals surface area contributed by atoms with Gasteiger partial charge in [0.1, 0.15) is 23.5 Å². The molecule has 27 heavy (non-hydrogen) atoms. The summed E-state index contributed by atoms with van der Waals surface area (Å²) in [5, 5.41) is 10.9. The molecule has 1 saturated heterocycles. The van der Waals surface area contributed by atoms with Gasteiger partial charge < -0.3 is 14.4 Å². The Hall–Kier alpha value is -2.81. The highest BCUT2D eigenvalue weighted by atomic mass is 16.6. The van der Waals surface area contributed by atoms with Gasteiger partial charge in [-0.3, -0.25) is 0 Å². The van der Waals surface area contributed by atoms with E-state index in [0.29, 0.717) is 31.1 Å². The third kappa shape index (κ3) is 5.33. The molecule has 1 amide bonds. The molecular weight excluding hydrogens is 342 g/mol. The van der Waals surface area contributed by atoms with Crippen LogP contribution >= 0.6 is 0 Å². The highest BCUT2D eigenvalue weighted by Crippen LogP contribution is 2.27. The average Bonchev–Trinajstić information content (AvgIpc) is 3.10. The monoisotopic (exact) mass is 369 g/mol. The Morgan fingerprint density at radius 2 is 2.00 bits per heavy atom. The molecule has 1 atom stereocenters. The molecule has 6 heteroatoms. The fraction of sp³-hybridized carbons (Fsp3) is 0.476. The molecule has 6 nitrogen and oxygen atoms in total. The zero-order valence-corrected chi connectivity index (χ0v) is 16.7. The highest BCUT2D eigenvalue weighted by molar-refractivity contribution is 5.87. The molecule has 3 rings (SSSR count). The van der Waals surface area contributed by atoms with Crippen molar-refractivity contribution in [3.63, 3.8) is 0 Å². The topological polar surface area (TPSA) is 75.4 Å². The number of likely N-dealkylation sites (tertiary alicyclic amines) is 1. The summed E-state index contributed by atoms with van der Waals surface area (Å²) < 4.78 is 11.4. The number of fused-ring (bicyclic) bond motifs is 1. The third-order valence-electron chi connectivity index (χ3n) is 3.89. The Bertz CT molecular complexity index is 837. The SMILES string of the molecule is CC.CC(C)(C)OC(=O)N1CCC(Oc2nc(C#N)cc3ccccc23)C1. The molecule has 0 spiro atoms. The summed E-state index contributed by atoms with van der Waals surface area (Å²) >= 11 is 0. The van der Waals surface area contributed by atoms with Crippen LogP contribution in [0.4, 0.5) is 4.79 Å². The standard InChI is InChI=1S/C19H21N3O3.C2H6/c1-19(2,3)25-18(23)22-9-8-15(12-22)24-17-16-7-5-4-6-13(16)10-14(11-20)21-17;1-2/h4-7,10,15H,8-9,12H2,1-3H3;1-2H3. The Labute approximate surface area is 160 Å². The minimum atomic E-state index is -0.519. The van der Waals surface area contributed by atoms with Gasteiger partial charge in [-0.05, 0) is 38.3 Å². The van der Waals surface area contributed by atoms with Crippen molar-refractivity contribution in [1.29, 1.82) is 5.26 Å². The van der Waals surface area contributed by atoms with E-state index in [0.717, 1.165) is 10.8 Å². The summed E-state index contributed by atoms with van der Waals surface area (Å²) in [6, 6.07) is 11.5. The van der Waals surface area contributed by atoms with Crippen LogP contribution in [0.3, 0.4) is 0 Å². The number of hydrogen-bond donors (Lipinski definition) is 0. The molecule has 2 aromatic rings. The number of aromatic nitrogens is 1. The molecule has 1 fully saturated rings. The molecule has 144 valence electrons. The largest absolute Gasteiger partial charge is 0.472 e. The first-order valence-electron chi connectivity index (χ1n) is 9.30. The van der Waals surface area contributed by atoms with Gasteiger partial charge in [-0.25, -0.2) is 9.78 Å². The van der Waals surface area contributed by atoms with Gasteiger partial charge in [0.2, 0.25) is 5.88 Å². The van der Waals surface area contributed by atoms with Crippen LogP contribution in [0.2, 0.25) is 0 Å². The van der Waals surface area contributed by atoms with E-state index in [2.05, 4.69) is 11.1 Å². The third-order valence-corrected chi connectivity index (χ3v) is 3.89. The lowest BCUT2D eigenvalue weighted by Gasteiger charge is -2.24. The van der Waals surface area contributed by atoms with Crippen LogP contribution in [0.25, 0.3) is 10.8 Å². The molecular formula is C21H27N3O3. The molecule has 1 aromatic heterocycles. The van der Waals surface area contributed by atoms with Gasteiger partial charge >= 0.3 is 6.09 Å². The number of hydrogen-bond acceptors (Lipinski definition) is 5. The Kier molecular flexibility index (Phi) is 6.62. The van der Waals surface area contributed by atoms with Crippen molar-refractivity contribution < 1.29 is 14.3 Å². The number of carbonyl (C=O) groups is 1. The van der Waals surface area contributed by atoms with Gasteiger partial charge in [0.05, 0.1) is 6.54 Å². The number of rotatable bonds is 2. The first kappa shape index (κ1) is 20.5. The van der Waals surface area contributed by atoms with E-state index in [9.17, 15) is 4.79 Å². The van der Waals surface area contributed by atoms with Gasteiger partial charge in [0.25, 0.3) is 0 Å². The normalized spacial score (nSPS) is 16.3. The first-order valence-corrected chi connectivity index (χ1v) is 9.30. The van der Waals surface area contributed by atoms with Crippen molar-refractivity contribution in [2.45, 2.75) is 52.7 Å². The van der Waals surface area contributed by atoms with Gasteiger partial charge in [0, 0.05) is 18.4 Å². The average molecular weight is 369 g/mol.